The molecule has 1 aliphatic heterocycles. The second-order valence-electron chi connectivity index (χ2n) is 4.79. The fourth-order valence-electron chi connectivity index (χ4n) is 2.35. The molecular weight excluding hydrogens is 273 g/mol. The summed E-state index contributed by atoms with van der Waals surface area (Å²) >= 11 is 0. The first-order valence-corrected chi connectivity index (χ1v) is 6.40. The van der Waals surface area contributed by atoms with Gasteiger partial charge in [-0.25, -0.2) is 9.37 Å². The average Bonchev–Trinajstić information content (AvgIpc) is 2.89. The van der Waals surface area contributed by atoms with Crippen LogP contribution in [0.15, 0.2) is 42.7 Å². The fourth-order valence-corrected chi connectivity index (χ4v) is 2.35. The summed E-state index contributed by atoms with van der Waals surface area (Å²) in [6.07, 6.45) is 3.11. The Balaban J connectivity index is 1.81. The van der Waals surface area contributed by atoms with Crippen LogP contribution in [0.2, 0.25) is 0 Å². The predicted octanol–water partition coefficient (Wildman–Crippen LogP) is 2.47. The van der Waals surface area contributed by atoms with Crippen LogP contribution in [-0.2, 0) is 4.79 Å². The van der Waals surface area contributed by atoms with Crippen LogP contribution < -0.4 is 10.1 Å². The predicted molar refractivity (Wildman–Crippen MR) is 74.7 cm³/mol. The molecule has 0 bridgehead atoms. The van der Waals surface area contributed by atoms with Gasteiger partial charge in [-0.15, -0.1) is 0 Å². The minimum absolute atomic E-state index is 0.0278. The molecule has 4 rings (SSSR count). The summed E-state index contributed by atoms with van der Waals surface area (Å²) in [6.45, 7) is 0.0278. The Morgan fingerprint density at radius 1 is 1.24 bits per heavy atom. The zero-order chi connectivity index (χ0) is 14.4. The molecule has 1 aromatic carbocycles. The molecular formula is C15H10FN3O2. The van der Waals surface area contributed by atoms with Crippen molar-refractivity contribution in [3.8, 4) is 17.0 Å². The Kier molecular flexibility index (Phi) is 2.44. The van der Waals surface area contributed by atoms with E-state index in [-0.39, 0.29) is 18.3 Å². The van der Waals surface area contributed by atoms with Crippen molar-refractivity contribution in [1.82, 2.24) is 9.38 Å². The molecule has 0 fully saturated rings. The van der Waals surface area contributed by atoms with Gasteiger partial charge in [0.05, 0.1) is 11.4 Å². The van der Waals surface area contributed by atoms with Crippen LogP contribution in [0.25, 0.3) is 16.9 Å². The van der Waals surface area contributed by atoms with Gasteiger partial charge in [0.2, 0.25) is 0 Å². The first kappa shape index (κ1) is 11.9. The quantitative estimate of drug-likeness (QED) is 0.746. The van der Waals surface area contributed by atoms with Gasteiger partial charge in [0, 0.05) is 18.0 Å². The number of aromatic nitrogens is 2. The smallest absolute Gasteiger partial charge is 0.262 e. The number of amides is 1. The summed E-state index contributed by atoms with van der Waals surface area (Å²) in [4.78, 5) is 15.8. The number of imidazole rings is 1. The Labute approximate surface area is 119 Å². The second-order valence-corrected chi connectivity index (χ2v) is 4.79. The first-order chi connectivity index (χ1) is 10.2. The molecule has 6 heteroatoms. The van der Waals surface area contributed by atoms with Crippen LogP contribution in [0.5, 0.6) is 5.75 Å². The summed E-state index contributed by atoms with van der Waals surface area (Å²) in [6, 6.07) is 8.42. The Hall–Kier alpha value is -2.89. The second kappa shape index (κ2) is 4.31. The lowest BCUT2D eigenvalue weighted by atomic mass is 10.1. The van der Waals surface area contributed by atoms with Gasteiger partial charge in [-0.3, -0.25) is 4.79 Å². The Morgan fingerprint density at radius 3 is 3.05 bits per heavy atom. The number of carbonyl (C=O) groups excluding carboxylic acids is 1. The third-order valence-electron chi connectivity index (χ3n) is 3.32. The van der Waals surface area contributed by atoms with Crippen LogP contribution in [0.4, 0.5) is 10.1 Å². The summed E-state index contributed by atoms with van der Waals surface area (Å²) in [5, 5.41) is 2.75. The van der Waals surface area contributed by atoms with E-state index in [1.807, 2.05) is 6.07 Å². The molecule has 21 heavy (non-hydrogen) atoms. The molecule has 1 aliphatic rings. The van der Waals surface area contributed by atoms with Crippen molar-refractivity contribution in [2.75, 3.05) is 11.9 Å². The molecule has 2 aromatic heterocycles. The lowest BCUT2D eigenvalue weighted by Gasteiger charge is -2.18. The van der Waals surface area contributed by atoms with Crippen molar-refractivity contribution in [3.63, 3.8) is 0 Å². The van der Waals surface area contributed by atoms with Crippen molar-refractivity contribution < 1.29 is 13.9 Å². The Morgan fingerprint density at radius 2 is 2.14 bits per heavy atom. The fraction of sp³-hybridized carbons (Fsp3) is 0.0667. The number of pyridine rings is 1. The number of halogens is 1. The highest BCUT2D eigenvalue weighted by Crippen LogP contribution is 2.32. The van der Waals surface area contributed by atoms with Crippen molar-refractivity contribution in [2.24, 2.45) is 0 Å². The monoisotopic (exact) mass is 283 g/mol. The van der Waals surface area contributed by atoms with Crippen molar-refractivity contribution in [2.45, 2.75) is 0 Å². The molecule has 0 atom stereocenters. The largest absolute Gasteiger partial charge is 0.482 e. The van der Waals surface area contributed by atoms with Gasteiger partial charge >= 0.3 is 0 Å². The maximum Gasteiger partial charge on any atom is 0.262 e. The molecule has 0 aliphatic carbocycles. The van der Waals surface area contributed by atoms with Crippen molar-refractivity contribution in [3.05, 3.63) is 48.5 Å². The molecule has 0 saturated carbocycles. The van der Waals surface area contributed by atoms with E-state index < -0.39 is 0 Å². The summed E-state index contributed by atoms with van der Waals surface area (Å²) in [5.74, 6) is 0.127. The van der Waals surface area contributed by atoms with E-state index in [1.54, 1.807) is 28.8 Å². The number of rotatable bonds is 1. The molecule has 1 amide bonds. The maximum absolute atomic E-state index is 13.2. The number of anilines is 1. The topological polar surface area (TPSA) is 55.6 Å². The average molecular weight is 283 g/mol. The van der Waals surface area contributed by atoms with E-state index in [4.69, 9.17) is 4.74 Å². The van der Waals surface area contributed by atoms with E-state index in [0.717, 1.165) is 5.56 Å². The molecule has 0 spiro atoms. The summed E-state index contributed by atoms with van der Waals surface area (Å²) < 4.78 is 20.1. The SMILES string of the molecule is O=C1COc2ccc(-c3cn4cc(F)ccc4n3)cc2N1. The van der Waals surface area contributed by atoms with E-state index in [0.29, 0.717) is 22.8 Å². The lowest BCUT2D eigenvalue weighted by molar-refractivity contribution is -0.118. The minimum Gasteiger partial charge on any atom is -0.482 e. The molecule has 0 radical (unpaired) electrons. The first-order valence-electron chi connectivity index (χ1n) is 6.40. The Bertz CT molecular complexity index is 872. The molecule has 5 nitrogen and oxygen atoms in total. The minimum atomic E-state index is -0.322. The highest BCUT2D eigenvalue weighted by Gasteiger charge is 2.17. The maximum atomic E-state index is 13.2. The number of benzene rings is 1. The van der Waals surface area contributed by atoms with Crippen LogP contribution in [-0.4, -0.2) is 21.9 Å². The molecule has 104 valence electrons. The van der Waals surface area contributed by atoms with E-state index in [2.05, 4.69) is 10.3 Å². The molecule has 3 heterocycles. The molecule has 1 N–H and O–H groups in total. The highest BCUT2D eigenvalue weighted by molar-refractivity contribution is 5.96. The van der Waals surface area contributed by atoms with Gasteiger partial charge in [0.1, 0.15) is 17.2 Å². The standard InChI is InChI=1S/C15H10FN3O2/c16-10-2-4-14-17-12(7-19(14)6-10)9-1-3-13-11(5-9)18-15(20)8-21-13/h1-7H,8H2,(H,18,20). The number of fused-ring (bicyclic) bond motifs is 2. The normalized spacial score (nSPS) is 13.7. The number of nitrogens with zero attached hydrogens (tertiary/aromatic N) is 2. The van der Waals surface area contributed by atoms with Gasteiger partial charge in [-0.2, -0.15) is 0 Å². The van der Waals surface area contributed by atoms with E-state index in [1.165, 1.54) is 12.3 Å². The van der Waals surface area contributed by atoms with Crippen LogP contribution in [0.1, 0.15) is 0 Å². The summed E-state index contributed by atoms with van der Waals surface area (Å²) in [5.41, 5.74) is 2.79. The zero-order valence-corrected chi connectivity index (χ0v) is 10.8. The molecule has 0 saturated heterocycles. The van der Waals surface area contributed by atoms with Crippen LogP contribution in [0.3, 0.4) is 0 Å². The van der Waals surface area contributed by atoms with Gasteiger partial charge in [-0.1, -0.05) is 0 Å². The van der Waals surface area contributed by atoms with Gasteiger partial charge < -0.3 is 14.5 Å². The van der Waals surface area contributed by atoms with Gasteiger partial charge in [0.25, 0.3) is 5.91 Å². The number of hydrogen-bond donors (Lipinski definition) is 1. The zero-order valence-electron chi connectivity index (χ0n) is 10.8. The third-order valence-corrected chi connectivity index (χ3v) is 3.32. The van der Waals surface area contributed by atoms with Crippen molar-refractivity contribution in [1.29, 1.82) is 0 Å². The van der Waals surface area contributed by atoms with Crippen LogP contribution >= 0.6 is 0 Å². The number of hydrogen-bond acceptors (Lipinski definition) is 3. The number of ether oxygens (including phenoxy) is 1. The van der Waals surface area contributed by atoms with E-state index in [9.17, 15) is 9.18 Å². The highest BCUT2D eigenvalue weighted by atomic mass is 19.1. The van der Waals surface area contributed by atoms with Gasteiger partial charge in [-0.05, 0) is 30.3 Å². The third kappa shape index (κ3) is 2.01. The number of carbonyl (C=O) groups is 1. The number of nitrogens with one attached hydrogen (secondary N) is 1. The lowest BCUT2D eigenvalue weighted by Crippen LogP contribution is -2.25. The van der Waals surface area contributed by atoms with Crippen LogP contribution in [0, 0.1) is 5.82 Å². The van der Waals surface area contributed by atoms with Crippen molar-refractivity contribution >= 4 is 17.2 Å². The summed E-state index contributed by atoms with van der Waals surface area (Å²) in [7, 11) is 0. The molecule has 0 unspecified atom stereocenters. The van der Waals surface area contributed by atoms with E-state index >= 15 is 0 Å². The van der Waals surface area contributed by atoms with Gasteiger partial charge in [0.15, 0.2) is 6.61 Å². The molecule has 3 aromatic rings.